The van der Waals surface area contributed by atoms with Gasteiger partial charge in [-0.25, -0.2) is 5.43 Å². The molecule has 0 atom stereocenters. The van der Waals surface area contributed by atoms with Gasteiger partial charge in [-0.05, 0) is 33.6 Å². The zero-order valence-electron chi connectivity index (χ0n) is 9.47. The van der Waals surface area contributed by atoms with Crippen LogP contribution in [0.5, 0.6) is 0 Å². The van der Waals surface area contributed by atoms with Crippen LogP contribution in [0.15, 0.2) is 56.7 Å². The first-order chi connectivity index (χ1) is 8.74. The lowest BCUT2D eigenvalue weighted by Gasteiger charge is -1.99. The standard InChI is InChI=1S/C13H11BrN2O2/c14-12-7-6-11(18-12)9-15-16-13(17)8-10-4-2-1-3-5-10/h1-7,9H,8H2,(H,16,17)/b15-9+. The zero-order valence-corrected chi connectivity index (χ0v) is 11.1. The second-order valence-corrected chi connectivity index (χ2v) is 4.38. The van der Waals surface area contributed by atoms with E-state index < -0.39 is 0 Å². The normalized spacial score (nSPS) is 10.7. The van der Waals surface area contributed by atoms with Gasteiger partial charge in [0.2, 0.25) is 5.91 Å². The van der Waals surface area contributed by atoms with Crippen LogP contribution in [-0.2, 0) is 11.2 Å². The average Bonchev–Trinajstić information content (AvgIpc) is 2.76. The summed E-state index contributed by atoms with van der Waals surface area (Å²) in [6.45, 7) is 0. The molecule has 0 fully saturated rings. The molecule has 1 aromatic carbocycles. The summed E-state index contributed by atoms with van der Waals surface area (Å²) in [5.74, 6) is 0.407. The van der Waals surface area contributed by atoms with Crippen LogP contribution in [-0.4, -0.2) is 12.1 Å². The monoisotopic (exact) mass is 306 g/mol. The molecule has 4 nitrogen and oxygen atoms in total. The number of benzene rings is 1. The van der Waals surface area contributed by atoms with Gasteiger partial charge in [0.05, 0.1) is 12.6 Å². The Balaban J connectivity index is 1.83. The Labute approximate surface area is 113 Å². The molecule has 0 spiro atoms. The van der Waals surface area contributed by atoms with Gasteiger partial charge in [-0.15, -0.1) is 0 Å². The summed E-state index contributed by atoms with van der Waals surface area (Å²) in [5, 5.41) is 3.81. The number of hydrogen-bond donors (Lipinski definition) is 1. The zero-order chi connectivity index (χ0) is 12.8. The molecule has 0 bridgehead atoms. The van der Waals surface area contributed by atoms with E-state index in [9.17, 15) is 4.79 Å². The van der Waals surface area contributed by atoms with Crippen LogP contribution in [0.3, 0.4) is 0 Å². The van der Waals surface area contributed by atoms with E-state index in [1.54, 1.807) is 12.1 Å². The lowest BCUT2D eigenvalue weighted by Crippen LogP contribution is -2.19. The predicted molar refractivity (Wildman–Crippen MR) is 72.3 cm³/mol. The molecule has 0 saturated heterocycles. The van der Waals surface area contributed by atoms with Gasteiger partial charge < -0.3 is 4.42 Å². The summed E-state index contributed by atoms with van der Waals surface area (Å²) in [4.78, 5) is 11.5. The van der Waals surface area contributed by atoms with Crippen LogP contribution >= 0.6 is 15.9 Å². The number of hydrogen-bond acceptors (Lipinski definition) is 3. The highest BCUT2D eigenvalue weighted by Crippen LogP contribution is 2.11. The summed E-state index contributed by atoms with van der Waals surface area (Å²) in [5.41, 5.74) is 3.39. The van der Waals surface area contributed by atoms with Crippen molar-refractivity contribution in [3.05, 3.63) is 58.5 Å². The maximum Gasteiger partial charge on any atom is 0.244 e. The van der Waals surface area contributed by atoms with Crippen molar-refractivity contribution in [2.45, 2.75) is 6.42 Å². The molecule has 2 aromatic rings. The Morgan fingerprint density at radius 1 is 1.28 bits per heavy atom. The number of carbonyl (C=O) groups is 1. The fourth-order valence-electron chi connectivity index (χ4n) is 1.39. The minimum atomic E-state index is -0.164. The summed E-state index contributed by atoms with van der Waals surface area (Å²) >= 11 is 3.18. The topological polar surface area (TPSA) is 54.6 Å². The highest BCUT2D eigenvalue weighted by molar-refractivity contribution is 9.10. The molecule has 0 aliphatic heterocycles. The average molecular weight is 307 g/mol. The number of carbonyl (C=O) groups excluding carboxylic acids is 1. The highest BCUT2D eigenvalue weighted by atomic mass is 79.9. The molecule has 0 aliphatic rings. The van der Waals surface area contributed by atoms with Crippen molar-refractivity contribution in [2.75, 3.05) is 0 Å². The third-order valence-corrected chi connectivity index (χ3v) is 2.61. The van der Waals surface area contributed by atoms with E-state index in [0.717, 1.165) is 5.56 Å². The fraction of sp³-hybridized carbons (Fsp3) is 0.0769. The maximum atomic E-state index is 11.5. The third kappa shape index (κ3) is 3.85. The second-order valence-electron chi connectivity index (χ2n) is 3.60. The lowest BCUT2D eigenvalue weighted by molar-refractivity contribution is -0.120. The number of furan rings is 1. The molecule has 1 N–H and O–H groups in total. The molecular formula is C13H11BrN2O2. The fourth-order valence-corrected chi connectivity index (χ4v) is 1.71. The van der Waals surface area contributed by atoms with Crippen LogP contribution in [0.2, 0.25) is 0 Å². The first kappa shape index (κ1) is 12.6. The Morgan fingerprint density at radius 3 is 2.72 bits per heavy atom. The molecule has 5 heteroatoms. The van der Waals surface area contributed by atoms with Gasteiger partial charge in [0, 0.05) is 0 Å². The van der Waals surface area contributed by atoms with Gasteiger partial charge >= 0.3 is 0 Å². The molecular weight excluding hydrogens is 296 g/mol. The lowest BCUT2D eigenvalue weighted by atomic mass is 10.1. The van der Waals surface area contributed by atoms with Gasteiger partial charge in [-0.1, -0.05) is 30.3 Å². The molecule has 0 radical (unpaired) electrons. The second kappa shape index (κ2) is 6.16. The number of rotatable bonds is 4. The van der Waals surface area contributed by atoms with Crippen molar-refractivity contribution >= 4 is 28.1 Å². The van der Waals surface area contributed by atoms with Crippen molar-refractivity contribution in [1.82, 2.24) is 5.43 Å². The van der Waals surface area contributed by atoms with Crippen molar-refractivity contribution in [1.29, 1.82) is 0 Å². The Morgan fingerprint density at radius 2 is 2.06 bits per heavy atom. The van der Waals surface area contributed by atoms with E-state index in [1.165, 1.54) is 6.21 Å². The highest BCUT2D eigenvalue weighted by Gasteiger charge is 2.01. The van der Waals surface area contributed by atoms with E-state index in [-0.39, 0.29) is 5.91 Å². The van der Waals surface area contributed by atoms with Gasteiger partial charge in [0.1, 0.15) is 5.76 Å². The minimum Gasteiger partial charge on any atom is -0.448 e. The van der Waals surface area contributed by atoms with Gasteiger partial charge in [-0.3, -0.25) is 4.79 Å². The Hall–Kier alpha value is -1.88. The maximum absolute atomic E-state index is 11.5. The molecule has 18 heavy (non-hydrogen) atoms. The summed E-state index contributed by atoms with van der Waals surface area (Å²) < 4.78 is 5.82. The largest absolute Gasteiger partial charge is 0.448 e. The van der Waals surface area contributed by atoms with E-state index in [2.05, 4.69) is 26.5 Å². The van der Waals surface area contributed by atoms with Gasteiger partial charge in [0.25, 0.3) is 0 Å². The summed E-state index contributed by atoms with van der Waals surface area (Å²) in [7, 11) is 0. The SMILES string of the molecule is O=C(Cc1ccccc1)N/N=C/c1ccc(Br)o1. The van der Waals surface area contributed by atoms with Crippen LogP contribution in [0.4, 0.5) is 0 Å². The molecule has 1 aromatic heterocycles. The molecule has 1 amide bonds. The van der Waals surface area contributed by atoms with E-state index in [1.807, 2.05) is 30.3 Å². The van der Waals surface area contributed by atoms with Crippen molar-refractivity contribution in [3.63, 3.8) is 0 Å². The summed E-state index contributed by atoms with van der Waals surface area (Å²) in [6.07, 6.45) is 1.76. The van der Waals surface area contributed by atoms with Crippen LogP contribution in [0, 0.1) is 0 Å². The molecule has 0 saturated carbocycles. The van der Waals surface area contributed by atoms with Crippen LogP contribution < -0.4 is 5.43 Å². The third-order valence-electron chi connectivity index (χ3n) is 2.18. The predicted octanol–water partition coefficient (Wildman–Crippen LogP) is 2.73. The van der Waals surface area contributed by atoms with Gasteiger partial charge in [0.15, 0.2) is 4.67 Å². The minimum absolute atomic E-state index is 0.164. The van der Waals surface area contributed by atoms with Crippen molar-refractivity contribution in [3.8, 4) is 0 Å². The molecule has 2 rings (SSSR count). The van der Waals surface area contributed by atoms with E-state index >= 15 is 0 Å². The number of nitrogens with zero attached hydrogens (tertiary/aromatic N) is 1. The van der Waals surface area contributed by atoms with Crippen LogP contribution in [0.1, 0.15) is 11.3 Å². The van der Waals surface area contributed by atoms with Gasteiger partial charge in [-0.2, -0.15) is 5.10 Å². The van der Waals surface area contributed by atoms with Crippen molar-refractivity contribution < 1.29 is 9.21 Å². The first-order valence-electron chi connectivity index (χ1n) is 5.35. The quantitative estimate of drug-likeness (QED) is 0.697. The number of halogens is 1. The van der Waals surface area contributed by atoms with E-state index in [0.29, 0.717) is 16.9 Å². The molecule has 0 aliphatic carbocycles. The number of hydrazone groups is 1. The smallest absolute Gasteiger partial charge is 0.244 e. The summed E-state index contributed by atoms with van der Waals surface area (Å²) in [6, 6.07) is 13.0. The number of nitrogens with one attached hydrogen (secondary N) is 1. The first-order valence-corrected chi connectivity index (χ1v) is 6.14. The van der Waals surface area contributed by atoms with Crippen molar-refractivity contribution in [2.24, 2.45) is 5.10 Å². The van der Waals surface area contributed by atoms with E-state index in [4.69, 9.17) is 4.42 Å². The van der Waals surface area contributed by atoms with Crippen LogP contribution in [0.25, 0.3) is 0 Å². The molecule has 0 unspecified atom stereocenters. The Bertz CT molecular complexity index is 549. The molecule has 1 heterocycles. The molecule has 92 valence electrons. The number of amides is 1. The Kier molecular flexibility index (Phi) is 4.30.